The number of carbonyl (C=O) groups excluding carboxylic acids is 1. The third-order valence-electron chi connectivity index (χ3n) is 4.00. The SMILES string of the molecule is CCC(NC(=O)NNS(=O)(=O)c1c(C)cc(C)cc1C)(C(F)(F)F)C(F)(F)F. The van der Waals surface area contributed by atoms with Crippen molar-refractivity contribution in [1.29, 1.82) is 0 Å². The second-order valence-corrected chi connectivity index (χ2v) is 7.79. The van der Waals surface area contributed by atoms with Gasteiger partial charge in [-0.1, -0.05) is 24.6 Å². The first-order valence-corrected chi connectivity index (χ1v) is 9.28. The lowest BCUT2D eigenvalue weighted by Gasteiger charge is -2.36. The van der Waals surface area contributed by atoms with Crippen LogP contribution in [0.3, 0.4) is 0 Å². The maximum atomic E-state index is 13.0. The molecule has 0 unspecified atom stereocenters. The molecule has 0 aliphatic heterocycles. The van der Waals surface area contributed by atoms with E-state index >= 15 is 0 Å². The third-order valence-corrected chi connectivity index (χ3v) is 5.55. The van der Waals surface area contributed by atoms with Crippen molar-refractivity contribution in [3.63, 3.8) is 0 Å². The Morgan fingerprint density at radius 1 is 0.964 bits per heavy atom. The standard InChI is InChI=1S/C15H19F6N3O3S/c1-5-13(14(16,17)18,15(19,20)21)22-12(25)23-24-28(26,27)11-9(3)6-8(2)7-10(11)4/h6-7,24H,5H2,1-4H3,(H2,22,23,25). The molecule has 6 nitrogen and oxygen atoms in total. The van der Waals surface area contributed by atoms with Crippen molar-refractivity contribution in [2.24, 2.45) is 0 Å². The van der Waals surface area contributed by atoms with Gasteiger partial charge >= 0.3 is 18.4 Å². The number of hydrazine groups is 1. The molecule has 28 heavy (non-hydrogen) atoms. The fourth-order valence-electron chi connectivity index (χ4n) is 2.77. The van der Waals surface area contributed by atoms with Crippen LogP contribution >= 0.6 is 0 Å². The van der Waals surface area contributed by atoms with Gasteiger partial charge in [0.15, 0.2) is 0 Å². The van der Waals surface area contributed by atoms with Crippen molar-refractivity contribution in [2.75, 3.05) is 0 Å². The van der Waals surface area contributed by atoms with Gasteiger partial charge in [-0.15, -0.1) is 4.83 Å². The Balaban J connectivity index is 3.09. The number of sulfonamides is 1. The molecule has 0 saturated heterocycles. The molecule has 0 fully saturated rings. The zero-order chi connectivity index (χ0) is 22.1. The normalized spacial score (nSPS) is 13.4. The van der Waals surface area contributed by atoms with Gasteiger partial charge in [-0.3, -0.25) is 5.43 Å². The summed E-state index contributed by atoms with van der Waals surface area (Å²) in [5.41, 5.74) is -1.90. The minimum Gasteiger partial charge on any atom is -0.315 e. The lowest BCUT2D eigenvalue weighted by molar-refractivity contribution is -0.304. The van der Waals surface area contributed by atoms with Crippen molar-refractivity contribution < 1.29 is 39.6 Å². The van der Waals surface area contributed by atoms with Crippen molar-refractivity contribution in [3.8, 4) is 0 Å². The summed E-state index contributed by atoms with van der Waals surface area (Å²) in [6.07, 6.45) is -13.3. The van der Waals surface area contributed by atoms with Gasteiger partial charge in [-0.05, 0) is 38.3 Å². The van der Waals surface area contributed by atoms with E-state index in [1.54, 1.807) is 6.92 Å². The average molecular weight is 435 g/mol. The minimum atomic E-state index is -5.86. The van der Waals surface area contributed by atoms with Gasteiger partial charge in [-0.2, -0.15) is 26.3 Å². The molecule has 160 valence electrons. The van der Waals surface area contributed by atoms with Crippen LogP contribution in [0.4, 0.5) is 31.1 Å². The first-order chi connectivity index (χ1) is 12.5. The van der Waals surface area contributed by atoms with Gasteiger partial charge < -0.3 is 5.32 Å². The van der Waals surface area contributed by atoms with E-state index in [1.165, 1.54) is 36.2 Å². The maximum absolute atomic E-state index is 13.0. The summed E-state index contributed by atoms with van der Waals surface area (Å²) in [7, 11) is -4.45. The molecule has 0 heterocycles. The molecule has 0 atom stereocenters. The lowest BCUT2D eigenvalue weighted by atomic mass is 9.94. The van der Waals surface area contributed by atoms with E-state index < -0.39 is 40.4 Å². The lowest BCUT2D eigenvalue weighted by Crippen LogP contribution is -2.69. The smallest absolute Gasteiger partial charge is 0.315 e. The molecule has 0 spiro atoms. The van der Waals surface area contributed by atoms with E-state index in [0.717, 1.165) is 10.9 Å². The van der Waals surface area contributed by atoms with Crippen LogP contribution in [-0.2, 0) is 10.0 Å². The van der Waals surface area contributed by atoms with E-state index in [2.05, 4.69) is 0 Å². The number of alkyl halides is 6. The van der Waals surface area contributed by atoms with Crippen molar-refractivity contribution in [2.45, 2.75) is 56.9 Å². The summed E-state index contributed by atoms with van der Waals surface area (Å²) in [4.78, 5) is 12.9. The molecular weight excluding hydrogens is 416 g/mol. The van der Waals surface area contributed by atoms with Crippen molar-refractivity contribution in [3.05, 3.63) is 28.8 Å². The summed E-state index contributed by atoms with van der Waals surface area (Å²) < 4.78 is 103. The third kappa shape index (κ3) is 4.69. The van der Waals surface area contributed by atoms with E-state index in [-0.39, 0.29) is 16.0 Å². The van der Waals surface area contributed by atoms with E-state index in [1.807, 2.05) is 0 Å². The van der Waals surface area contributed by atoms with Crippen LogP contribution in [-0.4, -0.2) is 32.3 Å². The number of hydrogen-bond donors (Lipinski definition) is 3. The maximum Gasteiger partial charge on any atom is 0.420 e. The van der Waals surface area contributed by atoms with Crippen LogP contribution in [0.15, 0.2) is 17.0 Å². The molecule has 0 radical (unpaired) electrons. The van der Waals surface area contributed by atoms with Gasteiger partial charge in [0.05, 0.1) is 4.90 Å². The van der Waals surface area contributed by atoms with Crippen LogP contribution in [0.1, 0.15) is 30.0 Å². The zero-order valence-corrected chi connectivity index (χ0v) is 16.1. The molecule has 0 aromatic heterocycles. The van der Waals surface area contributed by atoms with E-state index in [0.29, 0.717) is 6.92 Å². The number of amides is 2. The van der Waals surface area contributed by atoms with Crippen molar-refractivity contribution in [1.82, 2.24) is 15.6 Å². The van der Waals surface area contributed by atoms with Crippen molar-refractivity contribution >= 4 is 16.1 Å². The number of carbonyl (C=O) groups is 1. The second kappa shape index (κ2) is 7.78. The molecule has 1 rings (SSSR count). The summed E-state index contributed by atoms with van der Waals surface area (Å²) in [6, 6.07) is 1.01. The summed E-state index contributed by atoms with van der Waals surface area (Å²) >= 11 is 0. The van der Waals surface area contributed by atoms with Crippen LogP contribution < -0.4 is 15.6 Å². The Labute approximate surface area is 157 Å². The first-order valence-electron chi connectivity index (χ1n) is 7.79. The molecule has 3 N–H and O–H groups in total. The monoisotopic (exact) mass is 435 g/mol. The van der Waals surface area contributed by atoms with Gasteiger partial charge in [0.1, 0.15) is 0 Å². The van der Waals surface area contributed by atoms with Crippen LogP contribution in [0, 0.1) is 20.8 Å². The predicted molar refractivity (Wildman–Crippen MR) is 87.8 cm³/mol. The van der Waals surface area contributed by atoms with Gasteiger partial charge in [0.25, 0.3) is 10.0 Å². The average Bonchev–Trinajstić information content (AvgIpc) is 2.46. The molecule has 0 bridgehead atoms. The molecule has 1 aromatic carbocycles. The Morgan fingerprint density at radius 2 is 1.39 bits per heavy atom. The van der Waals surface area contributed by atoms with Gasteiger partial charge in [0, 0.05) is 0 Å². The fraction of sp³-hybridized carbons (Fsp3) is 0.533. The van der Waals surface area contributed by atoms with E-state index in [9.17, 15) is 39.6 Å². The Kier molecular flexibility index (Phi) is 6.67. The van der Waals surface area contributed by atoms with Gasteiger partial charge in [-0.25, -0.2) is 13.2 Å². The number of halogens is 6. The van der Waals surface area contributed by atoms with Crippen LogP contribution in [0.2, 0.25) is 0 Å². The summed E-state index contributed by atoms with van der Waals surface area (Å²) in [5, 5.41) is 0.796. The fourth-order valence-corrected chi connectivity index (χ4v) is 4.07. The zero-order valence-electron chi connectivity index (χ0n) is 15.3. The molecule has 0 saturated carbocycles. The highest BCUT2D eigenvalue weighted by molar-refractivity contribution is 7.89. The quantitative estimate of drug-likeness (QED) is 0.490. The molecule has 0 aliphatic rings. The highest BCUT2D eigenvalue weighted by atomic mass is 32.2. The van der Waals surface area contributed by atoms with E-state index in [4.69, 9.17) is 0 Å². The number of aryl methyl sites for hydroxylation is 3. The summed E-state index contributed by atoms with van der Waals surface area (Å²) in [5.74, 6) is 0. The van der Waals surface area contributed by atoms with Crippen LogP contribution in [0.5, 0.6) is 0 Å². The number of benzene rings is 1. The van der Waals surface area contributed by atoms with Gasteiger partial charge in [0.2, 0.25) is 5.54 Å². The Morgan fingerprint density at radius 3 is 1.75 bits per heavy atom. The number of hydrogen-bond acceptors (Lipinski definition) is 3. The number of rotatable bonds is 5. The highest BCUT2D eigenvalue weighted by Crippen LogP contribution is 2.45. The predicted octanol–water partition coefficient (Wildman–Crippen LogP) is 3.38. The Hall–Kier alpha value is -2.02. The Bertz CT molecular complexity index is 813. The topological polar surface area (TPSA) is 87.3 Å². The summed E-state index contributed by atoms with van der Waals surface area (Å²) in [6.45, 7) is 5.19. The highest BCUT2D eigenvalue weighted by Gasteiger charge is 2.70. The minimum absolute atomic E-state index is 0.258. The molecule has 1 aromatic rings. The largest absolute Gasteiger partial charge is 0.420 e. The second-order valence-electron chi connectivity index (χ2n) is 6.17. The number of urea groups is 1. The molecule has 0 aliphatic carbocycles. The molecule has 13 heteroatoms. The van der Waals surface area contributed by atoms with Crippen LogP contribution in [0.25, 0.3) is 0 Å². The first kappa shape index (κ1) is 24.0. The molecule has 2 amide bonds. The molecular formula is C15H19F6N3O3S. The number of nitrogens with one attached hydrogen (secondary N) is 3.